The van der Waals surface area contributed by atoms with Crippen molar-refractivity contribution in [2.75, 3.05) is 0 Å². The summed E-state index contributed by atoms with van der Waals surface area (Å²) in [6, 6.07) is 14.8. The Morgan fingerprint density at radius 2 is 1.83 bits per heavy atom. The zero-order chi connectivity index (χ0) is 8.23. The van der Waals surface area contributed by atoms with Gasteiger partial charge in [0.2, 0.25) is 0 Å². The third-order valence-corrected chi connectivity index (χ3v) is 2.68. The summed E-state index contributed by atoms with van der Waals surface area (Å²) in [5.74, 6) is 0. The van der Waals surface area contributed by atoms with E-state index >= 15 is 0 Å². The van der Waals surface area contributed by atoms with Crippen LogP contribution in [0.25, 0.3) is 0 Å². The fourth-order valence-electron chi connectivity index (χ4n) is 1.21. The second-order valence-electron chi connectivity index (χ2n) is 2.74. The summed E-state index contributed by atoms with van der Waals surface area (Å²) in [6.07, 6.45) is 1.07. The summed E-state index contributed by atoms with van der Waals surface area (Å²) in [6.45, 7) is 0. The molecule has 0 unspecified atom stereocenters. The van der Waals surface area contributed by atoms with Crippen LogP contribution in [0.3, 0.4) is 0 Å². The first-order chi connectivity index (χ1) is 5.95. The second kappa shape index (κ2) is 3.55. The van der Waals surface area contributed by atoms with Crippen LogP contribution < -0.4 is 0 Å². The number of thiophene rings is 1. The van der Waals surface area contributed by atoms with Crippen molar-refractivity contribution in [2.24, 2.45) is 0 Å². The van der Waals surface area contributed by atoms with Crippen LogP contribution in [0.2, 0.25) is 0 Å². The minimum absolute atomic E-state index is 0. The normalized spacial score (nSPS) is 10.0. The minimum atomic E-state index is 0. The highest BCUT2D eigenvalue weighted by Gasteiger charge is 1.94. The van der Waals surface area contributed by atoms with Gasteiger partial charge in [-0.2, -0.15) is 0 Å². The quantitative estimate of drug-likeness (QED) is 0.655. The molecule has 1 aromatic heterocycles. The molecule has 0 spiro atoms. The first kappa shape index (κ1) is 7.56. The zero-order valence-electron chi connectivity index (χ0n) is 7.73. The lowest BCUT2D eigenvalue weighted by molar-refractivity contribution is 1.24. The smallest absolute Gasteiger partial charge is 0.149 e. The fraction of sp³-hybridized carbons (Fsp3) is 0.0909. The predicted molar refractivity (Wildman–Crippen MR) is 54.7 cm³/mol. The van der Waals surface area contributed by atoms with Crippen LogP contribution in [-0.2, 0) is 6.42 Å². The molecule has 60 valence electrons. The Kier molecular flexibility index (Phi) is 2.23. The van der Waals surface area contributed by atoms with Crippen molar-refractivity contribution in [3.63, 3.8) is 0 Å². The monoisotopic (exact) mass is 175 g/mol. The van der Waals surface area contributed by atoms with Crippen molar-refractivity contribution < 1.29 is 1.43 Å². The molecule has 0 aliphatic heterocycles. The minimum Gasteiger partial charge on any atom is -0.149 e. The van der Waals surface area contributed by atoms with Crippen LogP contribution in [0.4, 0.5) is 0 Å². The molecule has 2 rings (SSSR count). The topological polar surface area (TPSA) is 0 Å². The molecular weight excluding hydrogens is 164 g/mol. The largest absolute Gasteiger partial charge is 1.00 e. The molecule has 2 aromatic rings. The molecule has 12 heavy (non-hydrogen) atoms. The lowest BCUT2D eigenvalue weighted by Gasteiger charge is -1.96. The van der Waals surface area contributed by atoms with Gasteiger partial charge in [0.25, 0.3) is 0 Å². The summed E-state index contributed by atoms with van der Waals surface area (Å²) in [7, 11) is 0. The maximum absolute atomic E-state index is 2.18. The highest BCUT2D eigenvalue weighted by atomic mass is 32.1. The average Bonchev–Trinajstić information content (AvgIpc) is 2.59. The van der Waals surface area contributed by atoms with Crippen LogP contribution in [0.5, 0.6) is 0 Å². The third kappa shape index (κ3) is 1.74. The highest BCUT2D eigenvalue weighted by Crippen LogP contribution is 2.13. The Labute approximate surface area is 78.0 Å². The third-order valence-electron chi connectivity index (χ3n) is 1.80. The van der Waals surface area contributed by atoms with Gasteiger partial charge in [0.05, 0.1) is 0 Å². The predicted octanol–water partition coefficient (Wildman–Crippen LogP) is 3.45. The first-order valence-electron chi connectivity index (χ1n) is 4.01. The number of rotatable bonds is 2. The van der Waals surface area contributed by atoms with Crippen LogP contribution in [-0.4, -0.2) is 0 Å². The van der Waals surface area contributed by atoms with Crippen LogP contribution >= 0.6 is 11.3 Å². The van der Waals surface area contributed by atoms with Crippen LogP contribution in [0.1, 0.15) is 11.9 Å². The van der Waals surface area contributed by atoms with Crippen LogP contribution in [0, 0.1) is 0 Å². The fourth-order valence-corrected chi connectivity index (χ4v) is 1.95. The van der Waals surface area contributed by atoms with Gasteiger partial charge < -0.3 is 0 Å². The molecule has 0 nitrogen and oxygen atoms in total. The molecule has 0 aliphatic rings. The Hall–Kier alpha value is -1.08. The van der Waals surface area contributed by atoms with Crippen molar-refractivity contribution in [1.29, 1.82) is 0 Å². The zero-order valence-corrected chi connectivity index (χ0v) is 7.55. The van der Waals surface area contributed by atoms with Crippen molar-refractivity contribution in [3.05, 3.63) is 58.3 Å². The molecule has 0 atom stereocenters. The van der Waals surface area contributed by atoms with Gasteiger partial charge in [0.15, 0.2) is 0 Å². The second-order valence-corrected chi connectivity index (χ2v) is 3.77. The Morgan fingerprint density at radius 3 is 2.50 bits per heavy atom. The van der Waals surface area contributed by atoms with Gasteiger partial charge in [0, 0.05) is 11.3 Å². The van der Waals surface area contributed by atoms with Crippen molar-refractivity contribution >= 4 is 11.3 Å². The van der Waals surface area contributed by atoms with E-state index < -0.39 is 0 Å². The van der Waals surface area contributed by atoms with E-state index in [2.05, 4.69) is 47.8 Å². The molecule has 0 bridgehead atoms. The van der Waals surface area contributed by atoms with Crippen LogP contribution in [0.15, 0.2) is 47.8 Å². The van der Waals surface area contributed by atoms with E-state index in [-0.39, 0.29) is 1.43 Å². The van der Waals surface area contributed by atoms with E-state index in [9.17, 15) is 0 Å². The molecule has 0 N–H and O–H groups in total. The average molecular weight is 175 g/mol. The Morgan fingerprint density at radius 1 is 1.00 bits per heavy atom. The van der Waals surface area contributed by atoms with Gasteiger partial charge in [-0.1, -0.05) is 36.4 Å². The Balaban J connectivity index is 0.000000845. The molecule has 0 aliphatic carbocycles. The molecule has 0 radical (unpaired) electrons. The summed E-state index contributed by atoms with van der Waals surface area (Å²) in [4.78, 5) is 1.43. The molecule has 0 saturated carbocycles. The SMILES string of the molecule is [H+].c1ccc(Cc2cccs2)cc1. The van der Waals surface area contributed by atoms with Crippen molar-refractivity contribution in [3.8, 4) is 0 Å². The van der Waals surface area contributed by atoms with Gasteiger partial charge in [-0.25, -0.2) is 0 Å². The Bertz CT molecular complexity index is 326. The van der Waals surface area contributed by atoms with E-state index in [0.717, 1.165) is 6.42 Å². The number of benzene rings is 1. The lowest BCUT2D eigenvalue weighted by Crippen LogP contribution is -1.81. The molecule has 1 heterocycles. The standard InChI is InChI=1S/C11H10S/c1-2-5-10(6-3-1)9-11-7-4-8-12-11/h1-8H,9H2/p+1. The number of hydrogen-bond acceptors (Lipinski definition) is 1. The van der Waals surface area contributed by atoms with E-state index in [4.69, 9.17) is 0 Å². The van der Waals surface area contributed by atoms with Crippen molar-refractivity contribution in [1.82, 2.24) is 0 Å². The molecule has 0 saturated heterocycles. The molecule has 1 aromatic carbocycles. The molecular formula is C11H11S+. The summed E-state index contributed by atoms with van der Waals surface area (Å²) >= 11 is 1.82. The maximum atomic E-state index is 2.18. The summed E-state index contributed by atoms with van der Waals surface area (Å²) in [5.41, 5.74) is 1.39. The lowest BCUT2D eigenvalue weighted by atomic mass is 10.1. The van der Waals surface area contributed by atoms with Gasteiger partial charge in [-0.3, -0.25) is 0 Å². The van der Waals surface area contributed by atoms with Gasteiger partial charge in [0.1, 0.15) is 0 Å². The van der Waals surface area contributed by atoms with E-state index in [1.165, 1.54) is 10.4 Å². The molecule has 1 heteroatoms. The maximum Gasteiger partial charge on any atom is 1.00 e. The van der Waals surface area contributed by atoms with E-state index in [1.807, 2.05) is 11.3 Å². The number of hydrogen-bond donors (Lipinski definition) is 0. The summed E-state index contributed by atoms with van der Waals surface area (Å²) in [5, 5.41) is 2.12. The molecule has 0 amide bonds. The van der Waals surface area contributed by atoms with Gasteiger partial charge in [-0.15, -0.1) is 11.3 Å². The highest BCUT2D eigenvalue weighted by molar-refractivity contribution is 7.09. The van der Waals surface area contributed by atoms with Gasteiger partial charge in [-0.05, 0) is 17.0 Å². The van der Waals surface area contributed by atoms with Gasteiger partial charge >= 0.3 is 1.43 Å². The van der Waals surface area contributed by atoms with Crippen molar-refractivity contribution in [2.45, 2.75) is 6.42 Å². The first-order valence-corrected chi connectivity index (χ1v) is 4.89. The molecule has 0 fully saturated rings. The summed E-state index contributed by atoms with van der Waals surface area (Å²) < 4.78 is 0. The van der Waals surface area contributed by atoms with E-state index in [0.29, 0.717) is 0 Å². The van der Waals surface area contributed by atoms with E-state index in [1.54, 1.807) is 0 Å².